The second kappa shape index (κ2) is 9.09. The third-order valence-electron chi connectivity index (χ3n) is 4.91. The maximum atomic E-state index is 9.30. The fourth-order valence-electron chi connectivity index (χ4n) is 2.88. The average molecular weight is 431 g/mol. The molecule has 0 N–H and O–H groups in total. The van der Waals surface area contributed by atoms with Crippen LogP contribution in [0.2, 0.25) is 0 Å². The topological polar surface area (TPSA) is 66.0 Å². The van der Waals surface area contributed by atoms with E-state index in [0.717, 1.165) is 17.1 Å². The Morgan fingerprint density at radius 2 is 1.19 bits per heavy atom. The summed E-state index contributed by atoms with van der Waals surface area (Å²) in [6.07, 6.45) is 13.4. The molecule has 168 valence electrons. The van der Waals surface area contributed by atoms with Crippen LogP contribution in [0.4, 0.5) is 0 Å². The predicted octanol–water partition coefficient (Wildman–Crippen LogP) is 7.55. The molecule has 0 aromatic carbocycles. The molecular weight excluding hydrogens is 396 g/mol. The van der Waals surface area contributed by atoms with E-state index < -0.39 is 0 Å². The third-order valence-corrected chi connectivity index (χ3v) is 4.91. The van der Waals surface area contributed by atoms with E-state index in [1.165, 1.54) is 0 Å². The van der Waals surface area contributed by atoms with Crippen molar-refractivity contribution < 1.29 is 9.47 Å². The van der Waals surface area contributed by atoms with Crippen LogP contribution in [-0.2, 0) is 9.47 Å². The molecule has 0 saturated carbocycles. The molecule has 4 heteroatoms. The van der Waals surface area contributed by atoms with Gasteiger partial charge >= 0.3 is 0 Å². The second-order valence-electron chi connectivity index (χ2n) is 11.1. The van der Waals surface area contributed by atoms with Gasteiger partial charge in [0.15, 0.2) is 0 Å². The van der Waals surface area contributed by atoms with E-state index in [9.17, 15) is 10.5 Å². The van der Waals surface area contributed by atoms with Crippen LogP contribution in [0.3, 0.4) is 0 Å². The summed E-state index contributed by atoms with van der Waals surface area (Å²) < 4.78 is 12.3. The number of nitrogens with zero attached hydrogens (tertiary/aromatic N) is 2. The molecule has 2 heterocycles. The average Bonchev–Trinajstić information content (AvgIpc) is 2.66. The van der Waals surface area contributed by atoms with Gasteiger partial charge in [0.05, 0.1) is 0 Å². The van der Waals surface area contributed by atoms with Gasteiger partial charge in [-0.15, -0.1) is 0 Å². The van der Waals surface area contributed by atoms with E-state index in [-0.39, 0.29) is 21.8 Å². The Morgan fingerprint density at radius 3 is 1.62 bits per heavy atom. The zero-order valence-electron chi connectivity index (χ0n) is 20.8. The van der Waals surface area contributed by atoms with E-state index in [2.05, 4.69) is 53.7 Å². The number of rotatable bonds is 2. The first-order valence-electron chi connectivity index (χ1n) is 10.8. The van der Waals surface area contributed by atoms with Crippen molar-refractivity contribution in [3.05, 3.63) is 82.3 Å². The summed E-state index contributed by atoms with van der Waals surface area (Å²) in [7, 11) is 0. The van der Waals surface area contributed by atoms with Gasteiger partial charge in [-0.25, -0.2) is 0 Å². The number of ether oxygens (including phenoxy) is 2. The maximum absolute atomic E-state index is 9.30. The summed E-state index contributed by atoms with van der Waals surface area (Å²) in [6, 6.07) is 3.94. The van der Waals surface area contributed by atoms with E-state index in [1.54, 1.807) is 12.2 Å². The highest BCUT2D eigenvalue weighted by atomic mass is 16.5. The monoisotopic (exact) mass is 430 g/mol. The normalized spacial score (nSPS) is 17.2. The highest BCUT2D eigenvalue weighted by molar-refractivity contribution is 5.54. The summed E-state index contributed by atoms with van der Waals surface area (Å²) in [5.41, 5.74) is 1.19. The van der Waals surface area contributed by atoms with E-state index in [4.69, 9.17) is 9.47 Å². The van der Waals surface area contributed by atoms with Crippen LogP contribution < -0.4 is 0 Å². The Kier molecular flexibility index (Phi) is 7.11. The van der Waals surface area contributed by atoms with E-state index in [0.29, 0.717) is 17.1 Å². The van der Waals surface area contributed by atoms with Crippen molar-refractivity contribution in [2.45, 2.75) is 62.3 Å². The highest BCUT2D eigenvalue weighted by Crippen LogP contribution is 2.39. The smallest absolute Gasteiger partial charge is 0.137 e. The number of nitriles is 2. The van der Waals surface area contributed by atoms with Gasteiger partial charge in [0.1, 0.15) is 40.7 Å². The van der Waals surface area contributed by atoms with Gasteiger partial charge in [0, 0.05) is 21.8 Å². The minimum absolute atomic E-state index is 0.0687. The molecule has 0 atom stereocenters. The molecule has 0 amide bonds. The van der Waals surface area contributed by atoms with Crippen molar-refractivity contribution in [3.8, 4) is 12.1 Å². The van der Waals surface area contributed by atoms with Crippen molar-refractivity contribution in [2.24, 2.45) is 16.2 Å². The first-order valence-corrected chi connectivity index (χ1v) is 10.8. The van der Waals surface area contributed by atoms with Crippen molar-refractivity contribution >= 4 is 0 Å². The number of hydrogen-bond acceptors (Lipinski definition) is 4. The Labute approximate surface area is 193 Å². The molecule has 4 nitrogen and oxygen atoms in total. The van der Waals surface area contributed by atoms with Crippen molar-refractivity contribution in [2.75, 3.05) is 0 Å². The summed E-state index contributed by atoms with van der Waals surface area (Å²) in [5.74, 6) is 3.14. The molecule has 0 spiro atoms. The minimum atomic E-state index is -0.261. The van der Waals surface area contributed by atoms with Gasteiger partial charge in [0.2, 0.25) is 0 Å². The molecule has 0 bridgehead atoms. The molecule has 2 aliphatic rings. The summed E-state index contributed by atoms with van der Waals surface area (Å²) in [4.78, 5) is 0. The van der Waals surface area contributed by atoms with Crippen LogP contribution in [0.1, 0.15) is 62.3 Å². The molecule has 0 saturated heterocycles. The van der Waals surface area contributed by atoms with Gasteiger partial charge < -0.3 is 9.47 Å². The van der Waals surface area contributed by atoms with Crippen LogP contribution in [0, 0.1) is 38.9 Å². The van der Waals surface area contributed by atoms with Gasteiger partial charge in [-0.1, -0.05) is 74.5 Å². The molecule has 0 aliphatic carbocycles. The molecule has 0 radical (unpaired) electrons. The molecule has 2 aliphatic heterocycles. The maximum Gasteiger partial charge on any atom is 0.137 e. The Hall–Kier alpha value is -3.24. The molecule has 0 aromatic heterocycles. The predicted molar refractivity (Wildman–Crippen MR) is 128 cm³/mol. The first-order chi connectivity index (χ1) is 14.6. The lowest BCUT2D eigenvalue weighted by atomic mass is 9.87. The van der Waals surface area contributed by atoms with Crippen LogP contribution in [-0.4, -0.2) is 0 Å². The minimum Gasteiger partial charge on any atom is -0.465 e. The van der Waals surface area contributed by atoms with E-state index >= 15 is 0 Å². The lowest BCUT2D eigenvalue weighted by molar-refractivity contribution is 0.161. The first kappa shape index (κ1) is 25.0. The van der Waals surface area contributed by atoms with Crippen LogP contribution >= 0.6 is 0 Å². The third kappa shape index (κ3) is 6.38. The van der Waals surface area contributed by atoms with Crippen molar-refractivity contribution in [1.82, 2.24) is 0 Å². The zero-order valence-corrected chi connectivity index (χ0v) is 20.8. The SMILES string of the molecule is CC(C)(C)C1=CC(=C(C#N)C#N)C=C(/C=C/C=C2C=C(C(C)(C)C)OC(C(C)(C)C)=C2)O1. The van der Waals surface area contributed by atoms with E-state index in [1.807, 2.05) is 51.1 Å². The zero-order chi connectivity index (χ0) is 24.3. The van der Waals surface area contributed by atoms with Gasteiger partial charge in [-0.05, 0) is 36.0 Å². The Balaban J connectivity index is 2.44. The summed E-state index contributed by atoms with van der Waals surface area (Å²) in [6.45, 7) is 18.9. The van der Waals surface area contributed by atoms with Gasteiger partial charge in [-0.2, -0.15) is 10.5 Å². The van der Waals surface area contributed by atoms with Gasteiger partial charge in [-0.3, -0.25) is 0 Å². The lowest BCUT2D eigenvalue weighted by Crippen LogP contribution is -2.21. The molecule has 0 aromatic rings. The van der Waals surface area contributed by atoms with Gasteiger partial charge in [0.25, 0.3) is 0 Å². The Morgan fingerprint density at radius 1 is 0.719 bits per heavy atom. The molecular formula is C28H34N2O2. The molecule has 0 fully saturated rings. The van der Waals surface area contributed by atoms with Crippen LogP contribution in [0.25, 0.3) is 0 Å². The second-order valence-corrected chi connectivity index (χ2v) is 11.1. The largest absolute Gasteiger partial charge is 0.465 e. The highest BCUT2D eigenvalue weighted by Gasteiger charge is 2.28. The standard InChI is InChI=1S/C28H34N2O2/c1-26(2,3)23-13-19(14-24(32-23)27(4,5)6)11-10-12-22-15-20(21(17-29)18-30)16-25(31-22)28(7,8)9/h10-16H,1-9H3/b12-10+. The molecule has 2 rings (SSSR count). The Bertz CT molecular complexity index is 1020. The van der Waals surface area contributed by atoms with Crippen molar-refractivity contribution in [3.63, 3.8) is 0 Å². The summed E-state index contributed by atoms with van der Waals surface area (Å²) >= 11 is 0. The molecule has 0 unspecified atom stereocenters. The number of allylic oxidation sites excluding steroid dienone is 13. The fourth-order valence-corrected chi connectivity index (χ4v) is 2.88. The molecule has 32 heavy (non-hydrogen) atoms. The van der Waals surface area contributed by atoms with Crippen LogP contribution in [0.5, 0.6) is 0 Å². The fraction of sp³-hybridized carbons (Fsp3) is 0.429. The van der Waals surface area contributed by atoms with Crippen molar-refractivity contribution in [1.29, 1.82) is 10.5 Å². The number of hydrogen-bond donors (Lipinski definition) is 0. The quantitative estimate of drug-likeness (QED) is 0.424. The van der Waals surface area contributed by atoms with Crippen LogP contribution in [0.15, 0.2) is 82.3 Å². The summed E-state index contributed by atoms with van der Waals surface area (Å²) in [5, 5.41) is 18.6. The lowest BCUT2D eigenvalue weighted by Gasteiger charge is -2.32.